The summed E-state index contributed by atoms with van der Waals surface area (Å²) in [5, 5.41) is 26.4. The van der Waals surface area contributed by atoms with Crippen LogP contribution in [0.3, 0.4) is 0 Å². The van der Waals surface area contributed by atoms with Gasteiger partial charge in [-0.25, -0.2) is 0 Å². The molecule has 108 valence electrons. The van der Waals surface area contributed by atoms with Gasteiger partial charge >= 0.3 is 5.69 Å². The standard InChI is InChI=1S/C11H14N4O4S/c1-3-12-11(20)14-13-6-7-4-8(15(17)18)10(16)9(5-7)19-2/h4-6,16H,3H2,1-2H3,(H2,12,14,20)/p+1/b13-6+. The van der Waals surface area contributed by atoms with E-state index in [1.54, 1.807) is 0 Å². The Balaban J connectivity index is 2.95. The molecule has 0 bridgehead atoms. The number of methoxy groups -OCH3 is 1. The molecule has 0 aliphatic carbocycles. The summed E-state index contributed by atoms with van der Waals surface area (Å²) < 4.78 is 4.88. The van der Waals surface area contributed by atoms with Crippen molar-refractivity contribution in [1.29, 1.82) is 0 Å². The first-order valence-electron chi connectivity index (χ1n) is 5.67. The fraction of sp³-hybridized carbons (Fsp3) is 0.273. The van der Waals surface area contributed by atoms with Crippen molar-refractivity contribution >= 4 is 29.2 Å². The Kier molecular flexibility index (Phi) is 5.66. The van der Waals surface area contributed by atoms with Crippen molar-refractivity contribution in [2.45, 2.75) is 6.92 Å². The highest BCUT2D eigenvalue weighted by atomic mass is 32.1. The third-order valence-electron chi connectivity index (χ3n) is 2.26. The molecule has 0 aliphatic rings. The van der Waals surface area contributed by atoms with Crippen LogP contribution >= 0.6 is 12.2 Å². The lowest BCUT2D eigenvalue weighted by molar-refractivity contribution is -0.500. The Morgan fingerprint density at radius 3 is 2.90 bits per heavy atom. The minimum atomic E-state index is -0.689. The second-order valence-electron chi connectivity index (χ2n) is 3.62. The van der Waals surface area contributed by atoms with Gasteiger partial charge in [0.25, 0.3) is 0 Å². The average Bonchev–Trinajstić information content (AvgIpc) is 2.40. The lowest BCUT2D eigenvalue weighted by atomic mass is 10.2. The maximum Gasteiger partial charge on any atom is 0.315 e. The summed E-state index contributed by atoms with van der Waals surface area (Å²) in [4.78, 5) is 10.1. The van der Waals surface area contributed by atoms with Crippen molar-refractivity contribution in [3.8, 4) is 11.5 Å². The van der Waals surface area contributed by atoms with Gasteiger partial charge in [0.15, 0.2) is 12.0 Å². The van der Waals surface area contributed by atoms with Crippen LogP contribution in [0.4, 0.5) is 5.69 Å². The van der Waals surface area contributed by atoms with E-state index in [-0.39, 0.29) is 5.75 Å². The first kappa shape index (κ1) is 15.6. The first-order chi connectivity index (χ1) is 9.49. The number of nitrogens with one attached hydrogen (secondary N) is 3. The van der Waals surface area contributed by atoms with Crippen LogP contribution < -0.4 is 20.6 Å². The van der Waals surface area contributed by atoms with Crippen LogP contribution in [0, 0.1) is 10.1 Å². The number of nitro groups is 1. The topological polar surface area (TPSA) is 111 Å². The summed E-state index contributed by atoms with van der Waals surface area (Å²) in [6, 6.07) is 2.66. The van der Waals surface area contributed by atoms with Gasteiger partial charge in [-0.05, 0) is 25.2 Å². The van der Waals surface area contributed by atoms with E-state index in [2.05, 4.69) is 15.8 Å². The average molecular weight is 299 g/mol. The number of rotatable bonds is 5. The highest BCUT2D eigenvalue weighted by Gasteiger charge is 2.20. The molecule has 0 saturated heterocycles. The zero-order chi connectivity index (χ0) is 15.1. The van der Waals surface area contributed by atoms with Crippen LogP contribution in [0.25, 0.3) is 0 Å². The van der Waals surface area contributed by atoms with Crippen LogP contribution in [-0.4, -0.2) is 35.0 Å². The zero-order valence-electron chi connectivity index (χ0n) is 11.0. The van der Waals surface area contributed by atoms with E-state index in [0.29, 0.717) is 17.2 Å². The molecule has 9 heteroatoms. The highest BCUT2D eigenvalue weighted by molar-refractivity contribution is 7.80. The van der Waals surface area contributed by atoms with E-state index >= 15 is 0 Å². The second-order valence-corrected chi connectivity index (χ2v) is 4.03. The van der Waals surface area contributed by atoms with Crippen molar-refractivity contribution in [2.24, 2.45) is 0 Å². The van der Waals surface area contributed by atoms with Gasteiger partial charge in [0.05, 0.1) is 17.6 Å². The van der Waals surface area contributed by atoms with Crippen molar-refractivity contribution < 1.29 is 19.9 Å². The number of nitrogens with zero attached hydrogens (tertiary/aromatic N) is 1. The zero-order valence-corrected chi connectivity index (χ0v) is 11.8. The van der Waals surface area contributed by atoms with Crippen molar-refractivity contribution in [1.82, 2.24) is 10.7 Å². The lowest BCUT2D eigenvalue weighted by Crippen LogP contribution is -2.82. The van der Waals surface area contributed by atoms with Gasteiger partial charge in [-0.1, -0.05) is 0 Å². The Morgan fingerprint density at radius 1 is 1.65 bits per heavy atom. The summed E-state index contributed by atoms with van der Waals surface area (Å²) in [5.74, 6) is -0.493. The third-order valence-corrected chi connectivity index (χ3v) is 2.50. The molecule has 0 aromatic heterocycles. The van der Waals surface area contributed by atoms with E-state index in [1.165, 1.54) is 25.5 Å². The van der Waals surface area contributed by atoms with E-state index in [9.17, 15) is 15.2 Å². The summed E-state index contributed by atoms with van der Waals surface area (Å²) in [5.41, 5.74) is 2.68. The number of hydrazine groups is 1. The van der Waals surface area contributed by atoms with E-state index in [0.717, 1.165) is 0 Å². The van der Waals surface area contributed by atoms with Gasteiger partial charge in [-0.2, -0.15) is 0 Å². The molecule has 4 N–H and O–H groups in total. The smallest absolute Gasteiger partial charge is 0.315 e. The number of phenols is 1. The maximum absolute atomic E-state index is 10.8. The molecule has 0 radical (unpaired) electrons. The van der Waals surface area contributed by atoms with Gasteiger partial charge in [0.2, 0.25) is 10.9 Å². The van der Waals surface area contributed by atoms with Gasteiger partial charge < -0.3 is 15.2 Å². The van der Waals surface area contributed by atoms with Crippen molar-refractivity contribution in [2.75, 3.05) is 13.7 Å². The van der Waals surface area contributed by atoms with Gasteiger partial charge in [-0.3, -0.25) is 10.1 Å². The van der Waals surface area contributed by atoms with Gasteiger partial charge in [0, 0.05) is 12.6 Å². The van der Waals surface area contributed by atoms with Crippen molar-refractivity contribution in [3.63, 3.8) is 0 Å². The predicted octanol–water partition coefficient (Wildman–Crippen LogP) is -0.792. The number of aromatic hydroxyl groups is 1. The molecule has 0 heterocycles. The number of hydrazone groups is 1. The normalized spacial score (nSPS) is 10.3. The van der Waals surface area contributed by atoms with Crippen LogP contribution in [0.1, 0.15) is 12.5 Å². The van der Waals surface area contributed by atoms with E-state index in [1.807, 2.05) is 6.92 Å². The summed E-state index contributed by atoms with van der Waals surface area (Å²) in [7, 11) is 1.31. The summed E-state index contributed by atoms with van der Waals surface area (Å²) in [6.45, 7) is 2.57. The Bertz CT molecular complexity index is 547. The number of benzene rings is 1. The van der Waals surface area contributed by atoms with Crippen LogP contribution in [-0.2, 0) is 0 Å². The minimum absolute atomic E-state index is 0.0153. The number of hydrogen-bond acceptors (Lipinski definition) is 5. The number of ether oxygens (including phenoxy) is 1. The fourth-order valence-corrected chi connectivity index (χ4v) is 1.58. The van der Waals surface area contributed by atoms with Crippen molar-refractivity contribution in [3.05, 3.63) is 27.8 Å². The van der Waals surface area contributed by atoms with E-state index in [4.69, 9.17) is 17.0 Å². The molecule has 0 fully saturated rings. The molecule has 0 amide bonds. The largest absolute Gasteiger partial charge is 0.500 e. The van der Waals surface area contributed by atoms with E-state index < -0.39 is 16.4 Å². The quantitative estimate of drug-likeness (QED) is 0.244. The molecule has 20 heavy (non-hydrogen) atoms. The number of phenolic OH excluding ortho intramolecular Hbond substituents is 1. The fourth-order valence-electron chi connectivity index (χ4n) is 1.38. The molecule has 0 unspecified atom stereocenters. The molecule has 8 nitrogen and oxygen atoms in total. The third kappa shape index (κ3) is 4.05. The highest BCUT2D eigenvalue weighted by Crippen LogP contribution is 2.36. The first-order valence-corrected chi connectivity index (χ1v) is 6.08. The molecule has 0 saturated carbocycles. The summed E-state index contributed by atoms with van der Waals surface area (Å²) >= 11 is 4.93. The Hall–Kier alpha value is -2.42. The Morgan fingerprint density at radius 2 is 2.35 bits per heavy atom. The SMILES string of the molecule is CCNC(=S)N/[NH+]=C/c1cc(OC)c(O)c([N+](=O)[O-])c1. The number of thiocarbonyl (C=S) groups is 1. The second kappa shape index (κ2) is 7.24. The number of nitro benzene ring substituents is 1. The lowest BCUT2D eigenvalue weighted by Gasteiger charge is -2.04. The Labute approximate surface area is 120 Å². The van der Waals surface area contributed by atoms with Crippen LogP contribution in [0.15, 0.2) is 12.1 Å². The molecule has 1 aromatic rings. The number of hydrogen-bond donors (Lipinski definition) is 4. The van der Waals surface area contributed by atoms with Gasteiger partial charge in [-0.15, -0.1) is 10.5 Å². The molecule has 0 spiro atoms. The monoisotopic (exact) mass is 299 g/mol. The molecule has 1 rings (SSSR count). The molecular weight excluding hydrogens is 284 g/mol. The summed E-state index contributed by atoms with van der Waals surface area (Å²) in [6.07, 6.45) is 1.46. The molecule has 0 aliphatic heterocycles. The molecule has 0 atom stereocenters. The van der Waals surface area contributed by atoms with Gasteiger partial charge in [0.1, 0.15) is 0 Å². The molecule has 1 aromatic carbocycles. The maximum atomic E-state index is 10.8. The molecular formula is C11H15N4O4S+. The predicted molar refractivity (Wildman–Crippen MR) is 76.9 cm³/mol. The van der Waals surface area contributed by atoms with Crippen LogP contribution in [0.5, 0.6) is 11.5 Å². The van der Waals surface area contributed by atoms with Crippen LogP contribution in [0.2, 0.25) is 0 Å². The minimum Gasteiger partial charge on any atom is -0.500 e.